The highest BCUT2D eigenvalue weighted by Gasteiger charge is 2.05. The van der Waals surface area contributed by atoms with E-state index in [9.17, 15) is 9.59 Å². The summed E-state index contributed by atoms with van der Waals surface area (Å²) < 4.78 is 5.05. The van der Waals surface area contributed by atoms with Crippen molar-refractivity contribution in [1.29, 1.82) is 5.26 Å². The maximum Gasteiger partial charge on any atom is 0.325 e. The van der Waals surface area contributed by atoms with Crippen LogP contribution in [0.25, 0.3) is 6.08 Å². The Hall–Kier alpha value is -3.39. The number of amides is 1. The van der Waals surface area contributed by atoms with Gasteiger partial charge in [-0.15, -0.1) is 0 Å². The van der Waals surface area contributed by atoms with Crippen molar-refractivity contribution in [3.8, 4) is 6.07 Å². The second-order valence-corrected chi connectivity index (χ2v) is 4.93. The molecule has 0 saturated carbocycles. The van der Waals surface area contributed by atoms with Crippen LogP contribution in [-0.4, -0.2) is 18.4 Å². The van der Waals surface area contributed by atoms with Gasteiger partial charge in [0, 0.05) is 6.08 Å². The lowest BCUT2D eigenvalue weighted by Crippen LogP contribution is -2.29. The summed E-state index contributed by atoms with van der Waals surface area (Å²) in [5.74, 6) is -0.894. The van der Waals surface area contributed by atoms with Crippen molar-refractivity contribution in [3.05, 3.63) is 77.4 Å². The van der Waals surface area contributed by atoms with Crippen molar-refractivity contribution in [2.45, 2.75) is 6.61 Å². The minimum atomic E-state index is -0.527. The van der Waals surface area contributed by atoms with Crippen molar-refractivity contribution in [2.24, 2.45) is 0 Å². The van der Waals surface area contributed by atoms with Crippen molar-refractivity contribution in [2.75, 3.05) is 6.54 Å². The molecule has 0 aromatic heterocycles. The van der Waals surface area contributed by atoms with Gasteiger partial charge in [0.2, 0.25) is 5.91 Å². The molecule has 1 N–H and O–H groups in total. The number of hydrogen-bond donors (Lipinski definition) is 1. The van der Waals surface area contributed by atoms with Gasteiger partial charge in [-0.05, 0) is 29.3 Å². The molecular weight excluding hydrogens is 304 g/mol. The normalized spacial score (nSPS) is 10.1. The zero-order valence-corrected chi connectivity index (χ0v) is 12.9. The van der Waals surface area contributed by atoms with E-state index in [1.807, 2.05) is 36.4 Å². The van der Waals surface area contributed by atoms with E-state index < -0.39 is 5.97 Å². The van der Waals surface area contributed by atoms with Crippen LogP contribution in [-0.2, 0) is 20.9 Å². The fraction of sp³-hybridized carbons (Fsp3) is 0.105. The average Bonchev–Trinajstić information content (AvgIpc) is 2.64. The highest BCUT2D eigenvalue weighted by atomic mass is 16.5. The molecule has 2 rings (SSSR count). The number of benzene rings is 2. The molecular formula is C19H16N2O3. The van der Waals surface area contributed by atoms with Gasteiger partial charge in [-0.1, -0.05) is 42.5 Å². The van der Waals surface area contributed by atoms with E-state index in [2.05, 4.69) is 5.32 Å². The number of carbonyl (C=O) groups excluding carboxylic acids is 2. The lowest BCUT2D eigenvalue weighted by molar-refractivity contribution is -0.144. The van der Waals surface area contributed by atoms with Crippen LogP contribution >= 0.6 is 0 Å². The number of rotatable bonds is 6. The third kappa shape index (κ3) is 5.78. The molecule has 120 valence electrons. The maximum absolute atomic E-state index is 11.6. The average molecular weight is 320 g/mol. The van der Waals surface area contributed by atoms with Crippen molar-refractivity contribution >= 4 is 18.0 Å². The second-order valence-electron chi connectivity index (χ2n) is 4.93. The molecule has 0 atom stereocenters. The van der Waals surface area contributed by atoms with Crippen molar-refractivity contribution in [3.63, 3.8) is 0 Å². The van der Waals surface area contributed by atoms with Crippen LogP contribution in [0, 0.1) is 11.3 Å². The minimum absolute atomic E-state index is 0.0975. The topological polar surface area (TPSA) is 79.2 Å². The van der Waals surface area contributed by atoms with E-state index in [-0.39, 0.29) is 19.1 Å². The van der Waals surface area contributed by atoms with Gasteiger partial charge in [-0.3, -0.25) is 9.59 Å². The highest BCUT2D eigenvalue weighted by molar-refractivity contribution is 5.93. The predicted octanol–water partition coefficient (Wildman–Crippen LogP) is 2.43. The quantitative estimate of drug-likeness (QED) is 0.655. The zero-order chi connectivity index (χ0) is 17.2. The van der Waals surface area contributed by atoms with Gasteiger partial charge in [-0.2, -0.15) is 5.26 Å². The number of carbonyl (C=O) groups is 2. The molecule has 0 aliphatic rings. The summed E-state index contributed by atoms with van der Waals surface area (Å²) in [5.41, 5.74) is 2.22. The number of ether oxygens (including phenoxy) is 1. The Kier molecular flexibility index (Phi) is 6.30. The smallest absolute Gasteiger partial charge is 0.325 e. The lowest BCUT2D eigenvalue weighted by Gasteiger charge is -2.05. The van der Waals surface area contributed by atoms with E-state index in [1.54, 1.807) is 30.3 Å². The summed E-state index contributed by atoms with van der Waals surface area (Å²) in [5, 5.41) is 11.2. The summed E-state index contributed by atoms with van der Waals surface area (Å²) in [7, 11) is 0. The third-order valence-corrected chi connectivity index (χ3v) is 3.12. The van der Waals surface area contributed by atoms with Gasteiger partial charge in [0.15, 0.2) is 0 Å². The van der Waals surface area contributed by atoms with Gasteiger partial charge in [-0.25, -0.2) is 0 Å². The van der Waals surface area contributed by atoms with E-state index in [4.69, 9.17) is 10.00 Å². The molecule has 0 unspecified atom stereocenters. The largest absolute Gasteiger partial charge is 0.460 e. The SMILES string of the molecule is N#Cc1ccc(COC(=O)CNC(=O)/C=C/c2ccccc2)cc1. The van der Waals surface area contributed by atoms with Crippen LogP contribution in [0.5, 0.6) is 0 Å². The van der Waals surface area contributed by atoms with Crippen LogP contribution in [0.15, 0.2) is 60.7 Å². The summed E-state index contributed by atoms with van der Waals surface area (Å²) in [6, 6.07) is 18.1. The first-order valence-electron chi connectivity index (χ1n) is 7.33. The summed E-state index contributed by atoms with van der Waals surface area (Å²) >= 11 is 0. The van der Waals surface area contributed by atoms with Gasteiger partial charge in [0.1, 0.15) is 13.2 Å². The zero-order valence-electron chi connectivity index (χ0n) is 12.9. The Labute approximate surface area is 140 Å². The molecule has 2 aromatic rings. The summed E-state index contributed by atoms with van der Waals surface area (Å²) in [4.78, 5) is 23.2. The molecule has 24 heavy (non-hydrogen) atoms. The molecule has 0 heterocycles. The van der Waals surface area contributed by atoms with Gasteiger partial charge in [0.25, 0.3) is 0 Å². The molecule has 2 aromatic carbocycles. The molecule has 0 aliphatic carbocycles. The molecule has 0 bridgehead atoms. The van der Waals surface area contributed by atoms with Crippen molar-refractivity contribution < 1.29 is 14.3 Å². The standard InChI is InChI=1S/C19H16N2O3/c20-12-16-6-8-17(9-7-16)14-24-19(23)13-21-18(22)11-10-15-4-2-1-3-5-15/h1-11H,13-14H2,(H,21,22)/b11-10+. The number of nitriles is 1. The number of hydrogen-bond acceptors (Lipinski definition) is 4. The molecule has 0 radical (unpaired) electrons. The van der Waals surface area contributed by atoms with Crippen LogP contribution in [0.3, 0.4) is 0 Å². The van der Waals surface area contributed by atoms with Gasteiger partial charge in [0.05, 0.1) is 11.6 Å². The molecule has 0 fully saturated rings. The predicted molar refractivity (Wildman–Crippen MR) is 89.4 cm³/mol. The summed E-state index contributed by atoms with van der Waals surface area (Å²) in [6.45, 7) is -0.103. The number of esters is 1. The molecule has 0 saturated heterocycles. The number of nitrogens with zero attached hydrogens (tertiary/aromatic N) is 1. The van der Waals surface area contributed by atoms with Crippen LogP contribution < -0.4 is 5.32 Å². The highest BCUT2D eigenvalue weighted by Crippen LogP contribution is 2.05. The fourth-order valence-corrected chi connectivity index (χ4v) is 1.84. The monoisotopic (exact) mass is 320 g/mol. The molecule has 0 spiro atoms. The van der Waals surface area contributed by atoms with Gasteiger partial charge < -0.3 is 10.1 Å². The minimum Gasteiger partial charge on any atom is -0.460 e. The Balaban J connectivity index is 1.71. The van der Waals surface area contributed by atoms with E-state index in [0.29, 0.717) is 5.56 Å². The Morgan fingerprint density at radius 2 is 1.79 bits per heavy atom. The van der Waals surface area contributed by atoms with E-state index >= 15 is 0 Å². The van der Waals surface area contributed by atoms with Crippen LogP contribution in [0.2, 0.25) is 0 Å². The van der Waals surface area contributed by atoms with Crippen LogP contribution in [0.4, 0.5) is 0 Å². The second kappa shape index (κ2) is 8.91. The van der Waals surface area contributed by atoms with E-state index in [0.717, 1.165) is 11.1 Å². The third-order valence-electron chi connectivity index (χ3n) is 3.12. The lowest BCUT2D eigenvalue weighted by atomic mass is 10.2. The van der Waals surface area contributed by atoms with Crippen LogP contribution in [0.1, 0.15) is 16.7 Å². The van der Waals surface area contributed by atoms with Gasteiger partial charge >= 0.3 is 5.97 Å². The first kappa shape index (κ1) is 17.0. The first-order chi connectivity index (χ1) is 11.7. The molecule has 1 amide bonds. The fourth-order valence-electron chi connectivity index (χ4n) is 1.84. The molecule has 5 nitrogen and oxygen atoms in total. The molecule has 5 heteroatoms. The molecule has 0 aliphatic heterocycles. The first-order valence-corrected chi connectivity index (χ1v) is 7.33. The number of nitrogens with one attached hydrogen (secondary N) is 1. The Morgan fingerprint density at radius 1 is 1.08 bits per heavy atom. The summed E-state index contributed by atoms with van der Waals surface area (Å²) in [6.07, 6.45) is 3.03. The maximum atomic E-state index is 11.6. The Bertz CT molecular complexity index is 759. The van der Waals surface area contributed by atoms with Crippen molar-refractivity contribution in [1.82, 2.24) is 5.32 Å². The Morgan fingerprint density at radius 3 is 2.46 bits per heavy atom. The van der Waals surface area contributed by atoms with E-state index in [1.165, 1.54) is 6.08 Å².